The number of sulfonamides is 1. The smallest absolute Gasteiger partial charge is 0.251 e. The molecule has 144 valence electrons. The van der Waals surface area contributed by atoms with Crippen LogP contribution in [0.25, 0.3) is 0 Å². The molecule has 7 nitrogen and oxygen atoms in total. The highest BCUT2D eigenvalue weighted by atomic mass is 32.2. The number of nitrogens with one attached hydrogen (secondary N) is 3. The van der Waals surface area contributed by atoms with Crippen molar-refractivity contribution in [2.45, 2.75) is 43.4 Å². The highest BCUT2D eigenvalue weighted by Gasteiger charge is 2.17. The minimum Gasteiger partial charge on any atom is -0.355 e. The normalized spacial score (nSPS) is 15.4. The first-order valence-corrected chi connectivity index (χ1v) is 10.5. The molecule has 0 radical (unpaired) electrons. The highest BCUT2D eigenvalue weighted by molar-refractivity contribution is 7.89. The molecule has 1 aromatic rings. The van der Waals surface area contributed by atoms with Gasteiger partial charge < -0.3 is 10.6 Å². The lowest BCUT2D eigenvalue weighted by molar-refractivity contribution is -0.122. The van der Waals surface area contributed by atoms with Crippen LogP contribution < -0.4 is 15.4 Å². The van der Waals surface area contributed by atoms with Crippen LogP contribution in [-0.4, -0.2) is 40.4 Å². The van der Waals surface area contributed by atoms with Crippen molar-refractivity contribution in [3.63, 3.8) is 0 Å². The second kappa shape index (κ2) is 9.68. The van der Waals surface area contributed by atoms with E-state index in [0.29, 0.717) is 17.9 Å². The Kier molecular flexibility index (Phi) is 7.59. The lowest BCUT2D eigenvalue weighted by Gasteiger charge is -2.20. The Morgan fingerprint density at radius 3 is 2.31 bits per heavy atom. The van der Waals surface area contributed by atoms with Crippen molar-refractivity contribution in [3.05, 3.63) is 29.8 Å². The zero-order valence-electron chi connectivity index (χ0n) is 15.1. The molecule has 0 saturated heterocycles. The van der Waals surface area contributed by atoms with E-state index in [1.807, 2.05) is 0 Å². The summed E-state index contributed by atoms with van der Waals surface area (Å²) in [5, 5.41) is 5.24. The molecule has 26 heavy (non-hydrogen) atoms. The molecule has 0 unspecified atom stereocenters. The van der Waals surface area contributed by atoms with Gasteiger partial charge in [0.1, 0.15) is 0 Å². The Balaban J connectivity index is 1.75. The van der Waals surface area contributed by atoms with Crippen molar-refractivity contribution in [2.75, 3.05) is 20.1 Å². The van der Waals surface area contributed by atoms with Gasteiger partial charge in [0.15, 0.2) is 0 Å². The Bertz CT molecular complexity index is 710. The van der Waals surface area contributed by atoms with E-state index in [9.17, 15) is 18.0 Å². The Hall–Kier alpha value is -1.93. The molecule has 1 aliphatic rings. The molecule has 8 heteroatoms. The lowest BCUT2D eigenvalue weighted by atomic mass is 9.87. The topological polar surface area (TPSA) is 104 Å². The molecule has 1 aromatic carbocycles. The van der Waals surface area contributed by atoms with Gasteiger partial charge >= 0.3 is 0 Å². The maximum absolute atomic E-state index is 12.2. The van der Waals surface area contributed by atoms with Crippen LogP contribution in [-0.2, 0) is 14.8 Å². The molecule has 3 N–H and O–H groups in total. The number of hydrogen-bond acceptors (Lipinski definition) is 4. The van der Waals surface area contributed by atoms with E-state index in [0.717, 1.165) is 12.8 Å². The molecule has 0 aromatic heterocycles. The Morgan fingerprint density at radius 2 is 1.69 bits per heavy atom. The molecule has 1 aliphatic carbocycles. The van der Waals surface area contributed by atoms with Crippen LogP contribution in [0, 0.1) is 5.92 Å². The molecule has 0 spiro atoms. The number of hydrogen-bond donors (Lipinski definition) is 3. The number of benzene rings is 1. The van der Waals surface area contributed by atoms with Gasteiger partial charge in [-0.1, -0.05) is 19.3 Å². The van der Waals surface area contributed by atoms with E-state index in [1.54, 1.807) is 0 Å². The molecule has 0 bridgehead atoms. The quantitative estimate of drug-likeness (QED) is 0.592. The van der Waals surface area contributed by atoms with Gasteiger partial charge in [0.2, 0.25) is 15.9 Å². The third-order valence-corrected chi connectivity index (χ3v) is 6.07. The van der Waals surface area contributed by atoms with Gasteiger partial charge in [-0.2, -0.15) is 0 Å². The van der Waals surface area contributed by atoms with E-state index >= 15 is 0 Å². The number of carbonyl (C=O) groups excluding carboxylic acids is 2. The third kappa shape index (κ3) is 6.10. The fourth-order valence-corrected chi connectivity index (χ4v) is 4.16. The van der Waals surface area contributed by atoms with Crippen LogP contribution in [0.5, 0.6) is 0 Å². The SMILES string of the molecule is CNC(=O)c1ccc(S(=O)(=O)NCCNC(=O)CC2CCCCC2)cc1. The van der Waals surface area contributed by atoms with Crippen LogP contribution >= 0.6 is 0 Å². The largest absolute Gasteiger partial charge is 0.355 e. The van der Waals surface area contributed by atoms with Gasteiger partial charge in [0.05, 0.1) is 4.90 Å². The van der Waals surface area contributed by atoms with Crippen molar-refractivity contribution in [1.29, 1.82) is 0 Å². The molecule has 2 rings (SSSR count). The molecule has 1 saturated carbocycles. The minimum absolute atomic E-state index is 0.0222. The third-order valence-electron chi connectivity index (χ3n) is 4.59. The standard InChI is InChI=1S/C18H27N3O4S/c1-19-18(23)15-7-9-16(10-8-15)26(24,25)21-12-11-20-17(22)13-14-5-3-2-4-6-14/h7-10,14,21H,2-6,11-13H2,1H3,(H,19,23)(H,20,22). The van der Waals surface area contributed by atoms with E-state index in [2.05, 4.69) is 15.4 Å². The fraction of sp³-hybridized carbons (Fsp3) is 0.556. The zero-order chi connectivity index (χ0) is 19.0. The lowest BCUT2D eigenvalue weighted by Crippen LogP contribution is -2.35. The van der Waals surface area contributed by atoms with Crippen LogP contribution in [0.4, 0.5) is 0 Å². The average Bonchev–Trinajstić information content (AvgIpc) is 2.65. The number of amides is 2. The van der Waals surface area contributed by atoms with Crippen LogP contribution in [0.2, 0.25) is 0 Å². The van der Waals surface area contributed by atoms with Crippen molar-refractivity contribution >= 4 is 21.8 Å². The van der Waals surface area contributed by atoms with Crippen molar-refractivity contribution in [3.8, 4) is 0 Å². The molecular formula is C18H27N3O4S. The van der Waals surface area contributed by atoms with Gasteiger partial charge in [0.25, 0.3) is 5.91 Å². The fourth-order valence-electron chi connectivity index (χ4n) is 3.13. The first-order valence-electron chi connectivity index (χ1n) is 9.01. The predicted octanol–water partition coefficient (Wildman–Crippen LogP) is 1.41. The molecule has 1 fully saturated rings. The summed E-state index contributed by atoms with van der Waals surface area (Å²) in [7, 11) is -2.16. The number of carbonyl (C=O) groups is 2. The maximum Gasteiger partial charge on any atom is 0.251 e. The van der Waals surface area contributed by atoms with E-state index in [-0.39, 0.29) is 29.8 Å². The average molecular weight is 381 g/mol. The minimum atomic E-state index is -3.67. The second-order valence-electron chi connectivity index (χ2n) is 6.56. The van der Waals surface area contributed by atoms with Crippen LogP contribution in [0.15, 0.2) is 29.2 Å². The summed E-state index contributed by atoms with van der Waals surface area (Å²) in [5.41, 5.74) is 0.390. The highest BCUT2D eigenvalue weighted by Crippen LogP contribution is 2.25. The van der Waals surface area contributed by atoms with Gasteiger partial charge in [-0.25, -0.2) is 13.1 Å². The summed E-state index contributed by atoms with van der Waals surface area (Å²) in [6.07, 6.45) is 6.36. The molecule has 0 heterocycles. The summed E-state index contributed by atoms with van der Waals surface area (Å²) in [6.45, 7) is 0.372. The number of rotatable bonds is 8. The van der Waals surface area contributed by atoms with E-state index in [4.69, 9.17) is 0 Å². The van der Waals surface area contributed by atoms with Gasteiger partial charge in [-0.05, 0) is 43.0 Å². The van der Waals surface area contributed by atoms with E-state index < -0.39 is 10.0 Å². The summed E-state index contributed by atoms with van der Waals surface area (Å²) in [4.78, 5) is 23.5. The second-order valence-corrected chi connectivity index (χ2v) is 8.33. The maximum atomic E-state index is 12.2. The molecule has 0 atom stereocenters. The monoisotopic (exact) mass is 381 g/mol. The van der Waals surface area contributed by atoms with Gasteiger partial charge in [-0.3, -0.25) is 9.59 Å². The molecular weight excluding hydrogens is 354 g/mol. The summed E-state index contributed by atoms with van der Waals surface area (Å²) in [6, 6.07) is 5.68. The first kappa shape index (κ1) is 20.4. The van der Waals surface area contributed by atoms with Crippen molar-refractivity contribution in [2.24, 2.45) is 5.92 Å². The first-order chi connectivity index (χ1) is 12.4. The summed E-state index contributed by atoms with van der Waals surface area (Å²) < 4.78 is 26.9. The zero-order valence-corrected chi connectivity index (χ0v) is 15.9. The van der Waals surface area contributed by atoms with Crippen molar-refractivity contribution < 1.29 is 18.0 Å². The molecule has 2 amide bonds. The van der Waals surface area contributed by atoms with Crippen molar-refractivity contribution in [1.82, 2.24) is 15.4 Å². The molecule has 0 aliphatic heterocycles. The van der Waals surface area contributed by atoms with Gasteiger partial charge in [0, 0.05) is 32.1 Å². The Morgan fingerprint density at radius 1 is 1.04 bits per heavy atom. The Labute approximate surface area is 155 Å². The van der Waals surface area contributed by atoms with E-state index in [1.165, 1.54) is 50.6 Å². The van der Waals surface area contributed by atoms with Gasteiger partial charge in [-0.15, -0.1) is 0 Å². The summed E-state index contributed by atoms with van der Waals surface area (Å²) in [5.74, 6) is 0.160. The van der Waals surface area contributed by atoms with Crippen LogP contribution in [0.1, 0.15) is 48.9 Å². The predicted molar refractivity (Wildman–Crippen MR) is 99.2 cm³/mol. The summed E-state index contributed by atoms with van der Waals surface area (Å²) >= 11 is 0. The van der Waals surface area contributed by atoms with Crippen LogP contribution in [0.3, 0.4) is 0 Å².